The monoisotopic (exact) mass is 400 g/mol. The lowest BCUT2D eigenvalue weighted by molar-refractivity contribution is -0.123. The molecule has 0 bridgehead atoms. The van der Waals surface area contributed by atoms with Gasteiger partial charge in [0.25, 0.3) is 0 Å². The molecular formula is C20H40N2O4Si. The molecule has 0 aromatic carbocycles. The van der Waals surface area contributed by atoms with Crippen LogP contribution < -0.4 is 10.6 Å². The third-order valence-corrected chi connectivity index (χ3v) is 9.95. The molecular weight excluding hydrogens is 360 g/mol. The SMILES string of the molecule is C[C@H](NC(=O)OC(C)(C)C)C(=O)N[C@H]1CC[C@H](O[Si](C)(C)C(C)(C)C)CC1. The Morgan fingerprint density at radius 1 is 1.00 bits per heavy atom. The molecule has 1 atom stereocenters. The Bertz CT molecular complexity index is 515. The normalized spacial score (nSPS) is 22.7. The van der Waals surface area contributed by atoms with Gasteiger partial charge in [-0.2, -0.15) is 0 Å². The number of carbonyl (C=O) groups excluding carboxylic acids is 2. The lowest BCUT2D eigenvalue weighted by atomic mass is 9.93. The fourth-order valence-electron chi connectivity index (χ4n) is 2.79. The fourth-order valence-corrected chi connectivity index (χ4v) is 4.22. The summed E-state index contributed by atoms with van der Waals surface area (Å²) >= 11 is 0. The molecule has 27 heavy (non-hydrogen) atoms. The van der Waals surface area contributed by atoms with Gasteiger partial charge in [0.1, 0.15) is 11.6 Å². The summed E-state index contributed by atoms with van der Waals surface area (Å²) in [7, 11) is -1.75. The number of amides is 2. The second kappa shape index (κ2) is 8.95. The van der Waals surface area contributed by atoms with Crippen LogP contribution in [0.3, 0.4) is 0 Å². The first-order valence-electron chi connectivity index (χ1n) is 10.1. The molecule has 1 saturated carbocycles. The van der Waals surface area contributed by atoms with Crippen molar-refractivity contribution in [1.82, 2.24) is 10.6 Å². The first-order chi connectivity index (χ1) is 12.1. The van der Waals surface area contributed by atoms with Crippen LogP contribution in [-0.2, 0) is 14.0 Å². The lowest BCUT2D eigenvalue weighted by Gasteiger charge is -2.41. The topological polar surface area (TPSA) is 76.7 Å². The Morgan fingerprint density at radius 3 is 1.96 bits per heavy atom. The van der Waals surface area contributed by atoms with Crippen molar-refractivity contribution in [3.63, 3.8) is 0 Å². The van der Waals surface area contributed by atoms with E-state index in [-0.39, 0.29) is 23.1 Å². The van der Waals surface area contributed by atoms with Crippen LogP contribution in [0.4, 0.5) is 4.79 Å². The van der Waals surface area contributed by atoms with E-state index in [1.54, 1.807) is 27.7 Å². The predicted octanol–water partition coefficient (Wildman–Crippen LogP) is 4.35. The second-order valence-corrected chi connectivity index (χ2v) is 15.0. The maximum absolute atomic E-state index is 12.3. The minimum absolute atomic E-state index is 0.139. The van der Waals surface area contributed by atoms with Crippen LogP contribution in [0.2, 0.25) is 18.1 Å². The molecule has 2 N–H and O–H groups in total. The van der Waals surface area contributed by atoms with Crippen LogP contribution in [0.15, 0.2) is 0 Å². The van der Waals surface area contributed by atoms with E-state index in [4.69, 9.17) is 9.16 Å². The third kappa shape index (κ3) is 8.21. The van der Waals surface area contributed by atoms with Gasteiger partial charge in [0, 0.05) is 12.1 Å². The zero-order valence-electron chi connectivity index (χ0n) is 18.7. The number of ether oxygens (including phenoxy) is 1. The molecule has 2 amide bonds. The highest BCUT2D eigenvalue weighted by Crippen LogP contribution is 2.39. The smallest absolute Gasteiger partial charge is 0.408 e. The van der Waals surface area contributed by atoms with E-state index in [0.717, 1.165) is 25.7 Å². The van der Waals surface area contributed by atoms with E-state index in [9.17, 15) is 9.59 Å². The summed E-state index contributed by atoms with van der Waals surface area (Å²) in [6.45, 7) is 18.4. The molecule has 0 aromatic rings. The Balaban J connectivity index is 2.41. The Hall–Kier alpha value is -1.08. The Morgan fingerprint density at radius 2 is 1.52 bits per heavy atom. The molecule has 1 rings (SSSR count). The van der Waals surface area contributed by atoms with E-state index in [2.05, 4.69) is 44.5 Å². The van der Waals surface area contributed by atoms with E-state index >= 15 is 0 Å². The Labute approximate surface area is 166 Å². The van der Waals surface area contributed by atoms with Crippen molar-refractivity contribution in [3.8, 4) is 0 Å². The number of nitrogens with one attached hydrogen (secondary N) is 2. The van der Waals surface area contributed by atoms with Crippen LogP contribution in [0.5, 0.6) is 0 Å². The minimum atomic E-state index is -1.75. The molecule has 1 aliphatic carbocycles. The van der Waals surface area contributed by atoms with Gasteiger partial charge in [-0.1, -0.05) is 20.8 Å². The molecule has 0 unspecified atom stereocenters. The summed E-state index contributed by atoms with van der Waals surface area (Å²) in [5, 5.41) is 5.85. The summed E-state index contributed by atoms with van der Waals surface area (Å²) in [5.74, 6) is -0.172. The summed E-state index contributed by atoms with van der Waals surface area (Å²) < 4.78 is 11.7. The Kier molecular flexibility index (Phi) is 7.94. The van der Waals surface area contributed by atoms with Crippen LogP contribution in [0.1, 0.15) is 74.1 Å². The maximum atomic E-state index is 12.3. The molecule has 1 aliphatic rings. The van der Waals surface area contributed by atoms with Gasteiger partial charge in [0.15, 0.2) is 8.32 Å². The van der Waals surface area contributed by atoms with Gasteiger partial charge >= 0.3 is 6.09 Å². The molecule has 158 valence electrons. The lowest BCUT2D eigenvalue weighted by Crippen LogP contribution is -2.51. The van der Waals surface area contributed by atoms with Gasteiger partial charge < -0.3 is 19.8 Å². The standard InChI is InChI=1S/C20H40N2O4Si/c1-14(21-18(24)25-19(2,3)4)17(23)22-15-10-12-16(13-11-15)26-27(8,9)20(5,6)7/h14-16H,10-13H2,1-9H3,(H,21,24)(H,22,23)/t14-,15-,16-/m0/s1. The number of carbonyl (C=O) groups is 2. The number of hydrogen-bond acceptors (Lipinski definition) is 4. The van der Waals surface area contributed by atoms with E-state index in [1.165, 1.54) is 0 Å². The van der Waals surface area contributed by atoms with Crippen LogP contribution in [0.25, 0.3) is 0 Å². The molecule has 1 fully saturated rings. The second-order valence-electron chi connectivity index (χ2n) is 10.2. The van der Waals surface area contributed by atoms with Gasteiger partial charge in [-0.3, -0.25) is 4.79 Å². The van der Waals surface area contributed by atoms with E-state index < -0.39 is 26.1 Å². The maximum Gasteiger partial charge on any atom is 0.408 e. The molecule has 0 saturated heterocycles. The van der Waals surface area contributed by atoms with Crippen molar-refractivity contribution < 1.29 is 18.8 Å². The summed E-state index contributed by atoms with van der Waals surface area (Å²) in [6, 6.07) is -0.485. The third-order valence-electron chi connectivity index (χ3n) is 5.41. The zero-order valence-corrected chi connectivity index (χ0v) is 19.7. The molecule has 0 radical (unpaired) electrons. The number of hydrogen-bond donors (Lipinski definition) is 2. The molecule has 7 heteroatoms. The van der Waals surface area contributed by atoms with Crippen molar-refractivity contribution in [1.29, 1.82) is 0 Å². The largest absolute Gasteiger partial charge is 0.444 e. The first-order valence-corrected chi connectivity index (χ1v) is 13.0. The quantitative estimate of drug-likeness (QED) is 0.673. The number of alkyl carbamates (subject to hydrolysis) is 1. The predicted molar refractivity (Wildman–Crippen MR) is 111 cm³/mol. The molecule has 6 nitrogen and oxygen atoms in total. The van der Waals surface area contributed by atoms with Crippen molar-refractivity contribution >= 4 is 20.3 Å². The van der Waals surface area contributed by atoms with Gasteiger partial charge in [-0.05, 0) is 71.5 Å². The van der Waals surface area contributed by atoms with Crippen molar-refractivity contribution in [2.75, 3.05) is 0 Å². The first kappa shape index (κ1) is 24.0. The fraction of sp³-hybridized carbons (Fsp3) is 0.900. The summed E-state index contributed by atoms with van der Waals surface area (Å²) in [5.41, 5.74) is -0.581. The van der Waals surface area contributed by atoms with Crippen molar-refractivity contribution in [3.05, 3.63) is 0 Å². The van der Waals surface area contributed by atoms with Gasteiger partial charge in [0.2, 0.25) is 5.91 Å². The van der Waals surface area contributed by atoms with Gasteiger partial charge in [0.05, 0.1) is 0 Å². The van der Waals surface area contributed by atoms with Gasteiger partial charge in [-0.25, -0.2) is 4.79 Å². The summed E-state index contributed by atoms with van der Waals surface area (Å²) in [6.07, 6.45) is 3.46. The van der Waals surface area contributed by atoms with Crippen LogP contribution in [0, 0.1) is 0 Å². The zero-order chi connectivity index (χ0) is 21.0. The van der Waals surface area contributed by atoms with Gasteiger partial charge in [-0.15, -0.1) is 0 Å². The van der Waals surface area contributed by atoms with Crippen LogP contribution in [-0.4, -0.2) is 44.1 Å². The highest BCUT2D eigenvalue weighted by Gasteiger charge is 2.40. The molecule has 0 heterocycles. The highest BCUT2D eigenvalue weighted by molar-refractivity contribution is 6.74. The highest BCUT2D eigenvalue weighted by atomic mass is 28.4. The van der Waals surface area contributed by atoms with E-state index in [0.29, 0.717) is 0 Å². The summed E-state index contributed by atoms with van der Waals surface area (Å²) in [4.78, 5) is 24.1. The van der Waals surface area contributed by atoms with Crippen molar-refractivity contribution in [2.45, 2.75) is 116 Å². The molecule has 0 spiro atoms. The van der Waals surface area contributed by atoms with E-state index in [1.807, 2.05) is 0 Å². The average Bonchev–Trinajstić information content (AvgIpc) is 2.45. The van der Waals surface area contributed by atoms with Crippen molar-refractivity contribution in [2.24, 2.45) is 0 Å². The number of rotatable bonds is 5. The molecule has 0 aliphatic heterocycles. The molecule has 0 aromatic heterocycles. The minimum Gasteiger partial charge on any atom is -0.444 e. The van der Waals surface area contributed by atoms with Crippen LogP contribution >= 0.6 is 0 Å². The average molecular weight is 401 g/mol.